The number of Topliss-reactive ketones (excluding diaryl/α,β-unsaturated/α-hetero) is 1. The summed E-state index contributed by atoms with van der Waals surface area (Å²) in [6, 6.07) is 0. The van der Waals surface area contributed by atoms with Crippen LogP contribution in [0.5, 0.6) is 0 Å². The Morgan fingerprint density at radius 2 is 2.09 bits per heavy atom. The van der Waals surface area contributed by atoms with Crippen LogP contribution in [-0.2, 0) is 4.79 Å². The molecule has 0 bridgehead atoms. The molecule has 1 N–H and O–H groups in total. The largest absolute Gasteiger partial charge is 0.355 e. The van der Waals surface area contributed by atoms with E-state index in [9.17, 15) is 4.79 Å². The van der Waals surface area contributed by atoms with E-state index in [1.54, 1.807) is 6.92 Å². The summed E-state index contributed by atoms with van der Waals surface area (Å²) < 4.78 is 0. The predicted octanol–water partition coefficient (Wildman–Crippen LogP) is 1.20. The third-order valence-corrected chi connectivity index (χ3v) is 2.23. The molecule has 1 unspecified atom stereocenters. The van der Waals surface area contributed by atoms with Gasteiger partial charge in [0.2, 0.25) is 0 Å². The highest BCUT2D eigenvalue weighted by atomic mass is 16.1. The van der Waals surface area contributed by atoms with E-state index in [4.69, 9.17) is 7.98 Å². The fourth-order valence-electron chi connectivity index (χ4n) is 1.30. The van der Waals surface area contributed by atoms with Crippen LogP contribution in [0, 0.1) is 0 Å². The Balaban J connectivity index is 4.32. The summed E-state index contributed by atoms with van der Waals surface area (Å²) in [5, 5.41) is 2.62. The van der Waals surface area contributed by atoms with Gasteiger partial charge in [-0.15, -0.1) is 0 Å². The van der Waals surface area contributed by atoms with E-state index in [2.05, 4.69) is 5.23 Å². The first-order valence-electron chi connectivity index (χ1n) is 4.11. The maximum atomic E-state index is 11.2. The molecule has 1 atom stereocenters. The van der Waals surface area contributed by atoms with E-state index < -0.39 is 5.54 Å². The molecule has 0 aromatic rings. The van der Waals surface area contributed by atoms with Gasteiger partial charge < -0.3 is 5.23 Å². The van der Waals surface area contributed by atoms with Gasteiger partial charge in [0.1, 0.15) is 5.78 Å². The maximum absolute atomic E-state index is 11.2. The number of carbonyl (C=O) groups excluding carboxylic acids is 1. The van der Waals surface area contributed by atoms with Crippen LogP contribution in [0.15, 0.2) is 0 Å². The van der Waals surface area contributed by atoms with E-state index in [0.29, 0.717) is 0 Å². The fourth-order valence-corrected chi connectivity index (χ4v) is 1.30. The Labute approximate surface area is 70.2 Å². The van der Waals surface area contributed by atoms with Crippen molar-refractivity contribution in [1.82, 2.24) is 5.23 Å². The van der Waals surface area contributed by atoms with Crippen molar-refractivity contribution in [3.05, 3.63) is 0 Å². The van der Waals surface area contributed by atoms with Crippen molar-refractivity contribution in [2.24, 2.45) is 0 Å². The minimum Gasteiger partial charge on any atom is -0.355 e. The summed E-state index contributed by atoms with van der Waals surface area (Å²) in [6.07, 6.45) is 2.54. The second-order valence-corrected chi connectivity index (χ2v) is 2.89. The molecule has 0 aromatic carbocycles. The Hall–Kier alpha value is -0.305. The van der Waals surface area contributed by atoms with Gasteiger partial charge in [-0.05, 0) is 19.8 Å². The molecule has 2 nitrogen and oxygen atoms in total. The quantitative estimate of drug-likeness (QED) is 0.601. The summed E-state index contributed by atoms with van der Waals surface area (Å²) in [5.41, 5.74) is -0.477. The normalized spacial score (nSPS) is 15.9. The van der Waals surface area contributed by atoms with Crippen molar-refractivity contribution in [3.8, 4) is 0 Å². The molecule has 0 heterocycles. The van der Waals surface area contributed by atoms with Crippen LogP contribution in [0.25, 0.3) is 0 Å². The van der Waals surface area contributed by atoms with Crippen molar-refractivity contribution < 1.29 is 4.79 Å². The average molecular weight is 153 g/mol. The fraction of sp³-hybridized carbons (Fsp3) is 0.875. The van der Waals surface area contributed by atoms with E-state index in [1.165, 1.54) is 0 Å². The highest BCUT2D eigenvalue weighted by Crippen LogP contribution is 2.17. The first-order valence-corrected chi connectivity index (χ1v) is 4.11. The van der Waals surface area contributed by atoms with Gasteiger partial charge in [0.25, 0.3) is 0 Å². The third-order valence-electron chi connectivity index (χ3n) is 2.23. The third kappa shape index (κ3) is 2.33. The van der Waals surface area contributed by atoms with Crippen molar-refractivity contribution in [3.63, 3.8) is 0 Å². The van der Waals surface area contributed by atoms with Crippen molar-refractivity contribution in [2.75, 3.05) is 0 Å². The second-order valence-electron chi connectivity index (χ2n) is 2.89. The van der Waals surface area contributed by atoms with Gasteiger partial charge in [-0.1, -0.05) is 20.3 Å². The predicted molar refractivity (Wildman–Crippen MR) is 47.5 cm³/mol. The van der Waals surface area contributed by atoms with Gasteiger partial charge in [-0.3, -0.25) is 4.79 Å². The molecular weight excluding hydrogens is 137 g/mol. The van der Waals surface area contributed by atoms with Gasteiger partial charge in [0.15, 0.2) is 7.98 Å². The standard InChI is InChI=1S/C8H16BNO/c1-4-6-8(5-2,10-9)7(3)11/h10H,4-6H2,1-3H3. The molecule has 0 aliphatic rings. The van der Waals surface area contributed by atoms with Crippen LogP contribution < -0.4 is 5.23 Å². The van der Waals surface area contributed by atoms with Gasteiger partial charge in [-0.25, -0.2) is 0 Å². The SMILES string of the molecule is [B]NC(CC)(CCC)C(C)=O. The van der Waals surface area contributed by atoms with E-state index in [-0.39, 0.29) is 5.78 Å². The second kappa shape index (κ2) is 4.55. The number of hydrogen-bond donors (Lipinski definition) is 1. The highest BCUT2D eigenvalue weighted by Gasteiger charge is 2.29. The van der Waals surface area contributed by atoms with E-state index >= 15 is 0 Å². The summed E-state index contributed by atoms with van der Waals surface area (Å²) in [7, 11) is 5.33. The lowest BCUT2D eigenvalue weighted by atomic mass is 9.85. The molecule has 0 aliphatic heterocycles. The van der Waals surface area contributed by atoms with Crippen LogP contribution in [-0.4, -0.2) is 19.3 Å². The zero-order valence-electron chi connectivity index (χ0n) is 7.61. The van der Waals surface area contributed by atoms with Crippen molar-refractivity contribution in [1.29, 1.82) is 0 Å². The molecule has 0 aromatic heterocycles. The molecule has 0 saturated carbocycles. The highest BCUT2D eigenvalue weighted by molar-refractivity contribution is 6.07. The zero-order chi connectivity index (χ0) is 8.91. The molecule has 0 rings (SSSR count). The number of hydrogen-bond acceptors (Lipinski definition) is 2. The zero-order valence-corrected chi connectivity index (χ0v) is 7.61. The number of carbonyl (C=O) groups is 1. The molecule has 0 saturated heterocycles. The summed E-state index contributed by atoms with van der Waals surface area (Å²) in [6.45, 7) is 5.60. The summed E-state index contributed by atoms with van der Waals surface area (Å²) >= 11 is 0. The van der Waals surface area contributed by atoms with E-state index in [0.717, 1.165) is 19.3 Å². The lowest BCUT2D eigenvalue weighted by Gasteiger charge is -2.29. The lowest BCUT2D eigenvalue weighted by molar-refractivity contribution is -0.123. The monoisotopic (exact) mass is 153 g/mol. The number of nitrogens with one attached hydrogen (secondary N) is 1. The molecule has 0 fully saturated rings. The Kier molecular flexibility index (Phi) is 4.42. The molecule has 62 valence electrons. The Morgan fingerprint density at radius 1 is 1.55 bits per heavy atom. The first-order chi connectivity index (χ1) is 5.13. The summed E-state index contributed by atoms with van der Waals surface area (Å²) in [5.74, 6) is 0.129. The van der Waals surface area contributed by atoms with Gasteiger partial charge >= 0.3 is 0 Å². The first kappa shape index (κ1) is 10.7. The van der Waals surface area contributed by atoms with Crippen molar-refractivity contribution in [2.45, 2.75) is 45.6 Å². The number of rotatable bonds is 5. The Bertz CT molecular complexity index is 132. The van der Waals surface area contributed by atoms with Gasteiger partial charge in [-0.2, -0.15) is 0 Å². The van der Waals surface area contributed by atoms with Crippen LogP contribution >= 0.6 is 0 Å². The van der Waals surface area contributed by atoms with Crippen LogP contribution in [0.4, 0.5) is 0 Å². The molecule has 0 aliphatic carbocycles. The molecule has 2 radical (unpaired) electrons. The van der Waals surface area contributed by atoms with E-state index in [1.807, 2.05) is 13.8 Å². The molecule has 3 heteroatoms. The average Bonchev–Trinajstić information content (AvgIpc) is 2.00. The maximum Gasteiger partial charge on any atom is 0.179 e. The smallest absolute Gasteiger partial charge is 0.179 e. The lowest BCUT2D eigenvalue weighted by Crippen LogP contribution is -2.49. The van der Waals surface area contributed by atoms with Crippen LogP contribution in [0.3, 0.4) is 0 Å². The topological polar surface area (TPSA) is 29.1 Å². The molecule has 11 heavy (non-hydrogen) atoms. The van der Waals surface area contributed by atoms with Crippen LogP contribution in [0.2, 0.25) is 0 Å². The number of ketones is 1. The Morgan fingerprint density at radius 3 is 2.18 bits per heavy atom. The van der Waals surface area contributed by atoms with Crippen molar-refractivity contribution >= 4 is 13.8 Å². The van der Waals surface area contributed by atoms with Gasteiger partial charge in [0, 0.05) is 0 Å². The minimum absolute atomic E-state index is 0.129. The molecule has 0 amide bonds. The van der Waals surface area contributed by atoms with Gasteiger partial charge in [0.05, 0.1) is 5.54 Å². The summed E-state index contributed by atoms with van der Waals surface area (Å²) in [4.78, 5) is 11.2. The molecule has 0 spiro atoms. The minimum atomic E-state index is -0.477. The molecular formula is C8H16BNO. The van der Waals surface area contributed by atoms with Crippen LogP contribution in [0.1, 0.15) is 40.0 Å².